The molecule has 0 aliphatic rings. The molecule has 0 fully saturated rings. The second kappa shape index (κ2) is 6.61. The summed E-state index contributed by atoms with van der Waals surface area (Å²) in [5.41, 5.74) is 1.05. The summed E-state index contributed by atoms with van der Waals surface area (Å²) in [5.74, 6) is 0.0145. The number of halogens is 2. The van der Waals surface area contributed by atoms with Crippen LogP contribution in [0.5, 0.6) is 0 Å². The molecule has 0 saturated heterocycles. The highest BCUT2D eigenvalue weighted by Gasteiger charge is 2.08. The molecule has 0 aliphatic carbocycles. The van der Waals surface area contributed by atoms with Crippen molar-refractivity contribution in [3.8, 4) is 0 Å². The van der Waals surface area contributed by atoms with Crippen LogP contribution in [0, 0.1) is 0 Å². The molecule has 1 aromatic heterocycles. The summed E-state index contributed by atoms with van der Waals surface area (Å²) in [6.45, 7) is 0.553. The Morgan fingerprint density at radius 3 is 2.72 bits per heavy atom. The number of hydrogen-bond donors (Lipinski definition) is 0. The van der Waals surface area contributed by atoms with E-state index in [1.54, 1.807) is 6.07 Å². The number of ether oxygens (including phenoxy) is 1. The van der Waals surface area contributed by atoms with Gasteiger partial charge in [0.1, 0.15) is 6.61 Å². The second-order valence-electron chi connectivity index (χ2n) is 3.65. The minimum Gasteiger partial charge on any atom is -0.369 e. The highest BCUT2D eigenvalue weighted by Crippen LogP contribution is 2.22. The van der Waals surface area contributed by atoms with Crippen molar-refractivity contribution in [2.45, 2.75) is 6.61 Å². The topological polar surface area (TPSA) is 26.3 Å². The lowest BCUT2D eigenvalue weighted by Crippen LogP contribution is -2.07. The molecule has 0 saturated carbocycles. The van der Waals surface area contributed by atoms with E-state index in [0.717, 1.165) is 18.7 Å². The van der Waals surface area contributed by atoms with E-state index < -0.39 is 0 Å². The molecule has 2 aromatic rings. The molecule has 0 aliphatic heterocycles. The first-order valence-corrected chi connectivity index (χ1v) is 7.66. The molecular weight excluding hydrogens is 380 g/mol. The molecule has 1 aromatic carbocycles. The van der Waals surface area contributed by atoms with Crippen molar-refractivity contribution in [1.29, 1.82) is 0 Å². The second-order valence-corrected chi connectivity index (χ2v) is 7.03. The lowest BCUT2D eigenvalue weighted by molar-refractivity contribution is 0.0730. The molecule has 18 heavy (non-hydrogen) atoms. The zero-order valence-corrected chi connectivity index (χ0v) is 13.3. The molecule has 0 bridgehead atoms. The number of benzene rings is 1. The SMILES string of the molecule is O=C(COCc1cccc(Br)c1)c1ccc(Br)s1. The number of ketones is 1. The Balaban J connectivity index is 1.84. The van der Waals surface area contributed by atoms with Crippen LogP contribution in [0.2, 0.25) is 0 Å². The Morgan fingerprint density at radius 2 is 2.06 bits per heavy atom. The molecule has 2 nitrogen and oxygen atoms in total. The third-order valence-corrected chi connectivity index (χ3v) is 4.40. The fraction of sp³-hybridized carbons (Fsp3) is 0.154. The average Bonchev–Trinajstić information content (AvgIpc) is 2.76. The molecule has 0 spiro atoms. The Kier molecular flexibility index (Phi) is 5.12. The summed E-state index contributed by atoms with van der Waals surface area (Å²) in [7, 11) is 0. The van der Waals surface area contributed by atoms with E-state index in [9.17, 15) is 4.79 Å². The van der Waals surface area contributed by atoms with Gasteiger partial charge < -0.3 is 4.74 Å². The van der Waals surface area contributed by atoms with Crippen molar-refractivity contribution in [3.63, 3.8) is 0 Å². The van der Waals surface area contributed by atoms with Gasteiger partial charge in [-0.25, -0.2) is 0 Å². The summed E-state index contributed by atoms with van der Waals surface area (Å²) in [6, 6.07) is 11.5. The smallest absolute Gasteiger partial charge is 0.198 e. The number of thiophene rings is 1. The quantitative estimate of drug-likeness (QED) is 0.694. The molecule has 0 N–H and O–H groups in total. The minimum absolute atomic E-state index is 0.0145. The average molecular weight is 390 g/mol. The lowest BCUT2D eigenvalue weighted by Gasteiger charge is -2.03. The predicted molar refractivity (Wildman–Crippen MR) is 80.1 cm³/mol. The number of rotatable bonds is 5. The first-order valence-electron chi connectivity index (χ1n) is 5.26. The van der Waals surface area contributed by atoms with E-state index in [4.69, 9.17) is 4.74 Å². The molecule has 5 heteroatoms. The van der Waals surface area contributed by atoms with Gasteiger partial charge in [-0.15, -0.1) is 11.3 Å². The highest BCUT2D eigenvalue weighted by molar-refractivity contribution is 9.11. The van der Waals surface area contributed by atoms with Gasteiger partial charge in [-0.3, -0.25) is 4.79 Å². The molecule has 1 heterocycles. The van der Waals surface area contributed by atoms with Crippen LogP contribution in [-0.4, -0.2) is 12.4 Å². The van der Waals surface area contributed by atoms with Crippen molar-refractivity contribution >= 4 is 49.0 Å². The summed E-state index contributed by atoms with van der Waals surface area (Å²) in [4.78, 5) is 12.5. The summed E-state index contributed by atoms with van der Waals surface area (Å²) < 4.78 is 7.39. The maximum Gasteiger partial charge on any atom is 0.198 e. The molecular formula is C13H10Br2O2S. The minimum atomic E-state index is 0.0145. The van der Waals surface area contributed by atoms with Gasteiger partial charge in [-0.1, -0.05) is 28.1 Å². The van der Waals surface area contributed by atoms with Gasteiger partial charge in [0.05, 0.1) is 15.3 Å². The van der Waals surface area contributed by atoms with Crippen molar-refractivity contribution in [2.24, 2.45) is 0 Å². The van der Waals surface area contributed by atoms with Crippen molar-refractivity contribution in [1.82, 2.24) is 0 Å². The van der Waals surface area contributed by atoms with Crippen LogP contribution in [0.3, 0.4) is 0 Å². The Hall–Kier alpha value is -0.490. The maximum atomic E-state index is 11.8. The van der Waals surface area contributed by atoms with E-state index in [1.807, 2.05) is 30.3 Å². The summed E-state index contributed by atoms with van der Waals surface area (Å²) in [5, 5.41) is 0. The van der Waals surface area contributed by atoms with Gasteiger partial charge in [0.2, 0.25) is 0 Å². The number of Topliss-reactive ketones (excluding diaryl/α,β-unsaturated/α-hetero) is 1. The zero-order chi connectivity index (χ0) is 13.0. The third kappa shape index (κ3) is 4.02. The van der Waals surface area contributed by atoms with Crippen LogP contribution < -0.4 is 0 Å². The monoisotopic (exact) mass is 388 g/mol. The van der Waals surface area contributed by atoms with E-state index in [2.05, 4.69) is 31.9 Å². The van der Waals surface area contributed by atoms with Crippen LogP contribution in [0.1, 0.15) is 15.2 Å². The predicted octanol–water partition coefficient (Wildman–Crippen LogP) is 4.67. The van der Waals surface area contributed by atoms with E-state index in [-0.39, 0.29) is 12.4 Å². The molecule has 0 atom stereocenters. The molecule has 94 valence electrons. The van der Waals surface area contributed by atoms with Crippen LogP contribution in [0.4, 0.5) is 0 Å². The van der Waals surface area contributed by atoms with Crippen molar-refractivity contribution in [2.75, 3.05) is 6.61 Å². The van der Waals surface area contributed by atoms with Crippen LogP contribution in [0.15, 0.2) is 44.7 Å². The Bertz CT molecular complexity index is 551. The van der Waals surface area contributed by atoms with Gasteiger partial charge in [-0.2, -0.15) is 0 Å². The molecule has 0 unspecified atom stereocenters. The van der Waals surface area contributed by atoms with Crippen molar-refractivity contribution < 1.29 is 9.53 Å². The molecule has 0 radical (unpaired) electrons. The van der Waals surface area contributed by atoms with Gasteiger partial charge in [0, 0.05) is 4.47 Å². The standard InChI is InChI=1S/C13H10Br2O2S/c14-10-3-1-2-9(6-10)7-17-8-11(16)12-4-5-13(15)18-12/h1-6H,7-8H2. The van der Waals surface area contributed by atoms with E-state index in [0.29, 0.717) is 6.61 Å². The third-order valence-electron chi connectivity index (χ3n) is 2.24. The summed E-state index contributed by atoms with van der Waals surface area (Å²) in [6.07, 6.45) is 0. The fourth-order valence-corrected chi connectivity index (χ4v) is 3.18. The van der Waals surface area contributed by atoms with Gasteiger partial charge in [0.15, 0.2) is 5.78 Å². The normalized spacial score (nSPS) is 10.6. The number of hydrogen-bond acceptors (Lipinski definition) is 3. The highest BCUT2D eigenvalue weighted by atomic mass is 79.9. The Labute approximate surface area is 126 Å². The first-order chi connectivity index (χ1) is 8.65. The number of carbonyl (C=O) groups excluding carboxylic acids is 1. The lowest BCUT2D eigenvalue weighted by atomic mass is 10.2. The fourth-order valence-electron chi connectivity index (χ4n) is 1.42. The van der Waals surface area contributed by atoms with Gasteiger partial charge in [0.25, 0.3) is 0 Å². The van der Waals surface area contributed by atoms with Gasteiger partial charge >= 0.3 is 0 Å². The zero-order valence-electron chi connectivity index (χ0n) is 9.36. The van der Waals surface area contributed by atoms with E-state index >= 15 is 0 Å². The summed E-state index contributed by atoms with van der Waals surface area (Å²) >= 11 is 8.15. The van der Waals surface area contributed by atoms with Crippen LogP contribution in [-0.2, 0) is 11.3 Å². The van der Waals surface area contributed by atoms with Gasteiger partial charge in [-0.05, 0) is 45.8 Å². The van der Waals surface area contributed by atoms with E-state index in [1.165, 1.54) is 11.3 Å². The molecule has 0 amide bonds. The largest absolute Gasteiger partial charge is 0.369 e. The number of carbonyl (C=O) groups is 1. The maximum absolute atomic E-state index is 11.8. The van der Waals surface area contributed by atoms with Crippen LogP contribution >= 0.6 is 43.2 Å². The first kappa shape index (κ1) is 13.9. The Morgan fingerprint density at radius 1 is 1.22 bits per heavy atom. The van der Waals surface area contributed by atoms with Crippen LogP contribution in [0.25, 0.3) is 0 Å². The molecule has 2 rings (SSSR count). The van der Waals surface area contributed by atoms with Crippen molar-refractivity contribution in [3.05, 3.63) is 55.1 Å².